The van der Waals surface area contributed by atoms with Crippen molar-refractivity contribution >= 4 is 11.9 Å². The normalized spacial score (nSPS) is 22.3. The van der Waals surface area contributed by atoms with Crippen LogP contribution in [0.3, 0.4) is 0 Å². The lowest BCUT2D eigenvalue weighted by Crippen LogP contribution is -2.27. The molecule has 0 spiro atoms. The van der Waals surface area contributed by atoms with Crippen molar-refractivity contribution in [1.82, 2.24) is 5.32 Å². The van der Waals surface area contributed by atoms with Crippen molar-refractivity contribution in [3.05, 3.63) is 28.8 Å². The van der Waals surface area contributed by atoms with Crippen molar-refractivity contribution < 1.29 is 19.4 Å². The Bertz CT molecular complexity index is 596. The lowest BCUT2D eigenvalue weighted by atomic mass is 10.0. The number of benzene rings is 1. The maximum atomic E-state index is 12.3. The molecule has 112 valence electrons. The monoisotopic (exact) mass is 289 g/mol. The molecule has 0 aromatic heterocycles. The molecule has 1 amide bonds. The molecule has 1 fully saturated rings. The number of carbonyl (C=O) groups is 2. The van der Waals surface area contributed by atoms with Crippen LogP contribution in [0.2, 0.25) is 0 Å². The minimum atomic E-state index is -0.772. The molecule has 0 saturated heterocycles. The number of carbonyl (C=O) groups excluding carboxylic acids is 1. The molecule has 0 unspecified atom stereocenters. The number of aliphatic carboxylic acids is 1. The Hall–Kier alpha value is -2.04. The van der Waals surface area contributed by atoms with Crippen molar-refractivity contribution in [2.45, 2.75) is 26.2 Å². The molecule has 1 heterocycles. The van der Waals surface area contributed by atoms with E-state index in [9.17, 15) is 9.59 Å². The molecule has 5 heteroatoms. The Morgan fingerprint density at radius 3 is 2.90 bits per heavy atom. The van der Waals surface area contributed by atoms with Gasteiger partial charge >= 0.3 is 5.97 Å². The Kier molecular flexibility index (Phi) is 3.57. The van der Waals surface area contributed by atoms with Crippen LogP contribution in [0.15, 0.2) is 12.1 Å². The molecule has 1 aliphatic carbocycles. The van der Waals surface area contributed by atoms with Gasteiger partial charge in [-0.15, -0.1) is 0 Å². The highest BCUT2D eigenvalue weighted by atomic mass is 16.5. The van der Waals surface area contributed by atoms with E-state index in [4.69, 9.17) is 9.84 Å². The minimum Gasteiger partial charge on any atom is -0.492 e. The summed E-state index contributed by atoms with van der Waals surface area (Å²) in [5.41, 5.74) is 2.79. The molecule has 5 nitrogen and oxygen atoms in total. The van der Waals surface area contributed by atoms with E-state index >= 15 is 0 Å². The summed E-state index contributed by atoms with van der Waals surface area (Å²) >= 11 is 0. The third-order valence-electron chi connectivity index (χ3n) is 4.26. The quantitative estimate of drug-likeness (QED) is 0.864. The number of fused-ring (bicyclic) bond motifs is 1. The molecular formula is C16H19NO4. The molecule has 1 aliphatic heterocycles. The Labute approximate surface area is 123 Å². The van der Waals surface area contributed by atoms with Crippen LogP contribution < -0.4 is 10.1 Å². The van der Waals surface area contributed by atoms with Crippen molar-refractivity contribution in [1.29, 1.82) is 0 Å². The molecule has 2 atom stereocenters. The average molecular weight is 289 g/mol. The van der Waals surface area contributed by atoms with E-state index in [1.807, 2.05) is 6.07 Å². The van der Waals surface area contributed by atoms with Gasteiger partial charge in [-0.05, 0) is 36.0 Å². The van der Waals surface area contributed by atoms with Gasteiger partial charge in [0.15, 0.2) is 0 Å². The molecule has 1 aromatic rings. The molecule has 21 heavy (non-hydrogen) atoms. The van der Waals surface area contributed by atoms with Gasteiger partial charge < -0.3 is 15.2 Å². The first kappa shape index (κ1) is 13.9. The highest BCUT2D eigenvalue weighted by Gasteiger charge is 2.43. The summed E-state index contributed by atoms with van der Waals surface area (Å²) in [5, 5.41) is 11.7. The molecule has 3 rings (SSSR count). The summed E-state index contributed by atoms with van der Waals surface area (Å²) in [6.07, 6.45) is 2.36. The summed E-state index contributed by atoms with van der Waals surface area (Å²) in [6, 6.07) is 3.97. The summed E-state index contributed by atoms with van der Waals surface area (Å²) < 4.78 is 5.58. The summed E-state index contributed by atoms with van der Waals surface area (Å²) in [7, 11) is 0. The lowest BCUT2D eigenvalue weighted by Gasteiger charge is -2.11. The molecular weight excluding hydrogens is 270 g/mol. The van der Waals surface area contributed by atoms with Gasteiger partial charge in [-0.1, -0.05) is 13.0 Å². The fraction of sp³-hybridized carbons (Fsp3) is 0.500. The van der Waals surface area contributed by atoms with Gasteiger partial charge in [0.2, 0.25) is 0 Å². The number of carboxylic acid groups (broad SMARTS) is 1. The Balaban J connectivity index is 1.70. The summed E-state index contributed by atoms with van der Waals surface area (Å²) in [5.74, 6) is -0.481. The van der Waals surface area contributed by atoms with E-state index in [0.717, 1.165) is 24.0 Å². The topological polar surface area (TPSA) is 75.6 Å². The van der Waals surface area contributed by atoms with Gasteiger partial charge in [0.05, 0.1) is 18.1 Å². The molecule has 0 radical (unpaired) electrons. The number of hydrogen-bond acceptors (Lipinski definition) is 3. The largest absolute Gasteiger partial charge is 0.492 e. The van der Waals surface area contributed by atoms with Gasteiger partial charge in [-0.3, -0.25) is 9.59 Å². The predicted octanol–water partition coefficient (Wildman–Crippen LogP) is 1.63. The third kappa shape index (κ3) is 2.73. The van der Waals surface area contributed by atoms with Crippen molar-refractivity contribution in [2.24, 2.45) is 11.8 Å². The molecule has 2 N–H and O–H groups in total. The van der Waals surface area contributed by atoms with Crippen LogP contribution in [-0.4, -0.2) is 30.1 Å². The summed E-state index contributed by atoms with van der Waals surface area (Å²) in [4.78, 5) is 23.1. The van der Waals surface area contributed by atoms with Gasteiger partial charge in [0, 0.05) is 13.0 Å². The van der Waals surface area contributed by atoms with E-state index in [2.05, 4.69) is 18.3 Å². The van der Waals surface area contributed by atoms with Crippen LogP contribution in [0.5, 0.6) is 5.75 Å². The first-order valence-electron chi connectivity index (χ1n) is 7.39. The predicted molar refractivity (Wildman–Crippen MR) is 76.6 cm³/mol. The molecule has 1 saturated carbocycles. The number of carboxylic acids is 1. The van der Waals surface area contributed by atoms with Gasteiger partial charge in [-0.2, -0.15) is 0 Å². The van der Waals surface area contributed by atoms with Crippen molar-refractivity contribution in [3.8, 4) is 5.75 Å². The number of amides is 1. The SMILES string of the molecule is CCc1cc2c(c(C(=O)NC[C@@H]3C[C@H]3C(=O)O)c1)OCC2. The fourth-order valence-corrected chi connectivity index (χ4v) is 2.84. The smallest absolute Gasteiger partial charge is 0.306 e. The zero-order valence-electron chi connectivity index (χ0n) is 12.0. The van der Waals surface area contributed by atoms with E-state index in [0.29, 0.717) is 30.9 Å². The Morgan fingerprint density at radius 1 is 1.43 bits per heavy atom. The highest BCUT2D eigenvalue weighted by Crippen LogP contribution is 2.38. The van der Waals surface area contributed by atoms with Crippen LogP contribution >= 0.6 is 0 Å². The second-order valence-electron chi connectivity index (χ2n) is 5.73. The van der Waals surface area contributed by atoms with E-state index in [-0.39, 0.29) is 17.7 Å². The van der Waals surface area contributed by atoms with Crippen LogP contribution in [0, 0.1) is 11.8 Å². The van der Waals surface area contributed by atoms with Crippen LogP contribution in [0.25, 0.3) is 0 Å². The van der Waals surface area contributed by atoms with Crippen LogP contribution in [0.4, 0.5) is 0 Å². The van der Waals surface area contributed by atoms with E-state index < -0.39 is 5.97 Å². The fourth-order valence-electron chi connectivity index (χ4n) is 2.84. The van der Waals surface area contributed by atoms with Gasteiger partial charge in [0.1, 0.15) is 5.75 Å². The molecule has 0 bridgehead atoms. The highest BCUT2D eigenvalue weighted by molar-refractivity contribution is 5.97. The van der Waals surface area contributed by atoms with Crippen molar-refractivity contribution in [3.63, 3.8) is 0 Å². The Morgan fingerprint density at radius 2 is 2.24 bits per heavy atom. The second kappa shape index (κ2) is 5.39. The number of ether oxygens (including phenoxy) is 1. The first-order valence-corrected chi connectivity index (χ1v) is 7.39. The van der Waals surface area contributed by atoms with Gasteiger partial charge in [-0.25, -0.2) is 0 Å². The van der Waals surface area contributed by atoms with Gasteiger partial charge in [0.25, 0.3) is 5.91 Å². The van der Waals surface area contributed by atoms with E-state index in [1.165, 1.54) is 0 Å². The maximum Gasteiger partial charge on any atom is 0.306 e. The van der Waals surface area contributed by atoms with E-state index in [1.54, 1.807) is 0 Å². The first-order chi connectivity index (χ1) is 10.1. The zero-order valence-corrected chi connectivity index (χ0v) is 12.0. The number of rotatable bonds is 5. The lowest BCUT2D eigenvalue weighted by molar-refractivity contribution is -0.138. The van der Waals surface area contributed by atoms with Crippen LogP contribution in [0.1, 0.15) is 34.8 Å². The molecule has 2 aliphatic rings. The average Bonchev–Trinajstić information content (AvgIpc) is 3.11. The summed E-state index contributed by atoms with van der Waals surface area (Å²) in [6.45, 7) is 3.09. The van der Waals surface area contributed by atoms with Crippen molar-refractivity contribution in [2.75, 3.05) is 13.2 Å². The second-order valence-corrected chi connectivity index (χ2v) is 5.73. The third-order valence-corrected chi connectivity index (χ3v) is 4.26. The number of nitrogens with one attached hydrogen (secondary N) is 1. The number of aryl methyl sites for hydroxylation is 1. The minimum absolute atomic E-state index is 0.0646. The van der Waals surface area contributed by atoms with Crippen LogP contribution in [-0.2, 0) is 17.6 Å². The maximum absolute atomic E-state index is 12.3. The molecule has 1 aromatic carbocycles. The zero-order chi connectivity index (χ0) is 15.0. The standard InChI is InChI=1S/C16H19NO4/c1-2-9-5-10-3-4-21-14(10)13(6-9)15(18)17-8-11-7-12(11)16(19)20/h5-6,11-12H,2-4,7-8H2,1H3,(H,17,18)(H,19,20)/t11-,12+/m0/s1. The number of hydrogen-bond donors (Lipinski definition) is 2.